The van der Waals surface area contributed by atoms with Crippen LogP contribution in [-0.2, 0) is 9.57 Å². The Morgan fingerprint density at radius 3 is 2.75 bits per heavy atom. The molecule has 0 aliphatic heterocycles. The minimum Gasteiger partial charge on any atom is -0.288 e. The van der Waals surface area contributed by atoms with Crippen molar-refractivity contribution in [3.8, 4) is 0 Å². The fourth-order valence-electron chi connectivity index (χ4n) is 0.0881. The zero-order chi connectivity index (χ0) is 6.41. The van der Waals surface area contributed by atoms with E-state index in [1.165, 1.54) is 0 Å². The van der Waals surface area contributed by atoms with Crippen molar-refractivity contribution in [3.05, 3.63) is 15.0 Å². The van der Waals surface area contributed by atoms with Gasteiger partial charge in [-0.15, -0.1) is 9.48 Å². The molecule has 0 unspecified atom stereocenters. The lowest BCUT2D eigenvalue weighted by molar-refractivity contribution is -0.374. The lowest BCUT2D eigenvalue weighted by Gasteiger charge is -1.85. The van der Waals surface area contributed by atoms with Crippen molar-refractivity contribution in [2.75, 3.05) is 0 Å². The SMILES string of the molecule is O=NOO[SiH2][N+](=O)[O-]. The molecule has 0 aromatic heterocycles. The average Bonchev–Trinajstić information content (AvgIpc) is 1.66. The molecule has 0 saturated heterocycles. The van der Waals surface area contributed by atoms with Crippen molar-refractivity contribution in [1.29, 1.82) is 0 Å². The summed E-state index contributed by atoms with van der Waals surface area (Å²) in [6.45, 7) is 0. The molecular weight excluding hydrogens is 136 g/mol. The van der Waals surface area contributed by atoms with Gasteiger partial charge < -0.3 is 0 Å². The van der Waals surface area contributed by atoms with Gasteiger partial charge in [-0.3, -0.25) is 10.1 Å². The van der Waals surface area contributed by atoms with E-state index in [-0.39, 0.29) is 0 Å². The van der Waals surface area contributed by atoms with Gasteiger partial charge in [0.05, 0.1) is 0 Å². The maximum absolute atomic E-state index is 9.39. The summed E-state index contributed by atoms with van der Waals surface area (Å²) in [6, 6.07) is 0. The first-order valence-electron chi connectivity index (χ1n) is 1.50. The highest BCUT2D eigenvalue weighted by Crippen LogP contribution is 1.73. The second kappa shape index (κ2) is 4.14. The summed E-state index contributed by atoms with van der Waals surface area (Å²) < 4.78 is 3.03. The third kappa shape index (κ3) is 4.98. The van der Waals surface area contributed by atoms with Crippen LogP contribution in [0.1, 0.15) is 0 Å². The molecule has 0 spiro atoms. The molecule has 46 valence electrons. The highest BCUT2D eigenvalue weighted by Gasteiger charge is 2.00. The molecule has 0 heterocycles. The van der Waals surface area contributed by atoms with Gasteiger partial charge in [0.1, 0.15) is 0 Å². The molecule has 0 fully saturated rings. The van der Waals surface area contributed by atoms with Gasteiger partial charge in [-0.05, 0) is 4.59 Å². The Balaban J connectivity index is 2.93. The summed E-state index contributed by atoms with van der Waals surface area (Å²) in [5.74, 6) is 0. The van der Waals surface area contributed by atoms with Gasteiger partial charge in [0, 0.05) is 0 Å². The van der Waals surface area contributed by atoms with Crippen molar-refractivity contribution in [2.24, 2.45) is 5.34 Å². The van der Waals surface area contributed by atoms with Gasteiger partial charge in [0.2, 0.25) is 0 Å². The molecular formula is H2N2O5Si. The van der Waals surface area contributed by atoms with E-state index in [2.05, 4.69) is 9.57 Å². The molecule has 0 rings (SSSR count). The Kier molecular flexibility index (Phi) is 3.61. The smallest absolute Gasteiger partial charge is 0.288 e. The van der Waals surface area contributed by atoms with Crippen molar-refractivity contribution < 1.29 is 14.2 Å². The summed E-state index contributed by atoms with van der Waals surface area (Å²) in [5, 5.41) is 11.2. The molecule has 7 nitrogen and oxygen atoms in total. The van der Waals surface area contributed by atoms with E-state index in [1.54, 1.807) is 5.34 Å². The lowest BCUT2D eigenvalue weighted by atomic mass is 13.4. The Labute approximate surface area is 45.6 Å². The van der Waals surface area contributed by atoms with Crippen LogP contribution in [0, 0.1) is 15.0 Å². The largest absolute Gasteiger partial charge is 0.587 e. The quantitative estimate of drug-likeness (QED) is 0.123. The highest BCUT2D eigenvalue weighted by molar-refractivity contribution is 6.15. The number of hydrogen-bond donors (Lipinski definition) is 0. The first-order valence-corrected chi connectivity index (χ1v) is 2.71. The summed E-state index contributed by atoms with van der Waals surface area (Å²) in [6.07, 6.45) is 0. The fourth-order valence-corrected chi connectivity index (χ4v) is 0.264. The number of hydrogen-bond acceptors (Lipinski definition) is 6. The van der Waals surface area contributed by atoms with Crippen LogP contribution in [-0.4, -0.2) is 14.5 Å². The number of nitrogens with zero attached hydrogens (tertiary/aromatic N) is 2. The molecule has 0 bridgehead atoms. The van der Waals surface area contributed by atoms with E-state index in [0.717, 1.165) is 0 Å². The Morgan fingerprint density at radius 2 is 2.38 bits per heavy atom. The van der Waals surface area contributed by atoms with Crippen molar-refractivity contribution in [1.82, 2.24) is 0 Å². The standard InChI is InChI=1S/H2N2O5Si/c3-1-6-7-8-2(4)5/h8H2. The minimum atomic E-state index is -1.96. The molecule has 0 atom stereocenters. The van der Waals surface area contributed by atoms with Crippen LogP contribution in [0.3, 0.4) is 0 Å². The first-order chi connectivity index (χ1) is 3.77. The van der Waals surface area contributed by atoms with E-state index in [9.17, 15) is 10.1 Å². The second-order valence-corrected chi connectivity index (χ2v) is 1.74. The van der Waals surface area contributed by atoms with Gasteiger partial charge in [0.25, 0.3) is 0 Å². The zero-order valence-corrected chi connectivity index (χ0v) is 5.06. The molecule has 0 aromatic carbocycles. The molecule has 0 saturated carbocycles. The monoisotopic (exact) mass is 138 g/mol. The molecule has 0 radical (unpaired) electrons. The van der Waals surface area contributed by atoms with Gasteiger partial charge in [-0.2, -0.15) is 4.99 Å². The van der Waals surface area contributed by atoms with Gasteiger partial charge >= 0.3 is 9.92 Å². The second-order valence-electron chi connectivity index (χ2n) is 0.729. The maximum atomic E-state index is 9.39. The molecule has 0 N–H and O–H groups in total. The molecule has 0 aliphatic rings. The molecule has 0 aliphatic carbocycles. The number of rotatable bonds is 4. The van der Waals surface area contributed by atoms with E-state index in [4.69, 9.17) is 4.91 Å². The predicted octanol–water partition coefficient (Wildman–Crippen LogP) is -1.11. The first kappa shape index (κ1) is 6.98. The van der Waals surface area contributed by atoms with Crippen LogP contribution in [0.5, 0.6) is 0 Å². The predicted molar refractivity (Wildman–Crippen MR) is 23.5 cm³/mol. The summed E-state index contributed by atoms with van der Waals surface area (Å²) in [4.78, 5) is 21.7. The van der Waals surface area contributed by atoms with E-state index in [1.807, 2.05) is 0 Å². The summed E-state index contributed by atoms with van der Waals surface area (Å²) in [5.41, 5.74) is 0. The lowest BCUT2D eigenvalue weighted by Crippen LogP contribution is -2.08. The Bertz CT molecular complexity index is 90.4. The van der Waals surface area contributed by atoms with Crippen LogP contribution in [0.15, 0.2) is 5.34 Å². The van der Waals surface area contributed by atoms with Crippen LogP contribution < -0.4 is 0 Å². The Morgan fingerprint density at radius 1 is 1.75 bits per heavy atom. The van der Waals surface area contributed by atoms with Crippen molar-refractivity contribution >= 4 is 9.92 Å². The maximum Gasteiger partial charge on any atom is 0.587 e. The highest BCUT2D eigenvalue weighted by atomic mass is 28.2. The fraction of sp³-hybridized carbons (Fsp3) is 0. The van der Waals surface area contributed by atoms with Gasteiger partial charge in [-0.25, -0.2) is 0 Å². The molecule has 0 aromatic rings. The average molecular weight is 138 g/mol. The van der Waals surface area contributed by atoms with Crippen molar-refractivity contribution in [3.63, 3.8) is 0 Å². The van der Waals surface area contributed by atoms with Gasteiger partial charge in [0.15, 0.2) is 5.34 Å². The summed E-state index contributed by atoms with van der Waals surface area (Å²) >= 11 is 0. The topological polar surface area (TPSA) is 91.0 Å². The third-order valence-corrected chi connectivity index (χ3v) is 0.663. The van der Waals surface area contributed by atoms with Crippen molar-refractivity contribution in [2.45, 2.75) is 0 Å². The molecule has 8 heteroatoms. The zero-order valence-electron chi connectivity index (χ0n) is 3.64. The normalized spacial score (nSPS) is 9.50. The Hall–Kier alpha value is -1.02. The van der Waals surface area contributed by atoms with E-state index >= 15 is 0 Å². The number of nitro groups is 1. The minimum absolute atomic E-state index is 0.675. The van der Waals surface area contributed by atoms with Crippen LogP contribution >= 0.6 is 0 Å². The van der Waals surface area contributed by atoms with Gasteiger partial charge in [-0.1, -0.05) is 0 Å². The van der Waals surface area contributed by atoms with Crippen LogP contribution in [0.2, 0.25) is 0 Å². The third-order valence-electron chi connectivity index (χ3n) is 0.241. The van der Waals surface area contributed by atoms with E-state index in [0.29, 0.717) is 0 Å². The van der Waals surface area contributed by atoms with E-state index < -0.39 is 14.5 Å². The molecule has 0 amide bonds. The van der Waals surface area contributed by atoms with Crippen LogP contribution in [0.4, 0.5) is 0 Å². The van der Waals surface area contributed by atoms with Crippen LogP contribution in [0.25, 0.3) is 0 Å². The molecule has 8 heavy (non-hydrogen) atoms. The summed E-state index contributed by atoms with van der Waals surface area (Å²) in [7, 11) is -1.96.